The number of hydrogen-bond acceptors (Lipinski definition) is 6. The average molecular weight is 517 g/mol. The Bertz CT molecular complexity index is 1300. The van der Waals surface area contributed by atoms with Gasteiger partial charge in [-0.25, -0.2) is 8.42 Å². The maximum Gasteiger partial charge on any atom is 0.264 e. The van der Waals surface area contributed by atoms with Crippen molar-refractivity contribution in [2.45, 2.75) is 17.9 Å². The first-order valence-corrected chi connectivity index (χ1v) is 12.7. The van der Waals surface area contributed by atoms with Gasteiger partial charge in [-0.15, -0.1) is 0 Å². The van der Waals surface area contributed by atoms with Crippen LogP contribution in [0, 0.1) is 6.92 Å². The minimum Gasteiger partial charge on any atom is -0.497 e. The smallest absolute Gasteiger partial charge is 0.264 e. The number of sulfonamides is 1. The molecule has 1 N–H and O–H groups in total. The first-order chi connectivity index (χ1) is 16.8. The lowest BCUT2D eigenvalue weighted by Gasteiger charge is -2.35. The molecule has 0 aromatic heterocycles. The number of fused-ring (bicyclic) bond motifs is 1. The normalized spacial score (nSPS) is 15.1. The Morgan fingerprint density at radius 1 is 1.09 bits per heavy atom. The molecule has 8 nitrogen and oxygen atoms in total. The van der Waals surface area contributed by atoms with Gasteiger partial charge in [0.15, 0.2) is 6.10 Å². The molecule has 3 aromatic carbocycles. The summed E-state index contributed by atoms with van der Waals surface area (Å²) in [7, 11) is -2.46. The first kappa shape index (κ1) is 24.7. The second kappa shape index (κ2) is 10.5. The Morgan fingerprint density at radius 3 is 2.46 bits per heavy atom. The molecule has 3 aromatic rings. The van der Waals surface area contributed by atoms with Crippen molar-refractivity contribution in [2.75, 3.05) is 31.1 Å². The number of aryl methyl sites for hydroxylation is 1. The Balaban J connectivity index is 1.49. The highest BCUT2D eigenvalue weighted by Gasteiger charge is 2.37. The van der Waals surface area contributed by atoms with Crippen LogP contribution in [0.25, 0.3) is 0 Å². The second-order valence-corrected chi connectivity index (χ2v) is 10.2. The highest BCUT2D eigenvalue weighted by Crippen LogP contribution is 2.38. The summed E-state index contributed by atoms with van der Waals surface area (Å²) in [5, 5.41) is 3.35. The van der Waals surface area contributed by atoms with E-state index in [1.54, 1.807) is 54.6 Å². The molecule has 184 valence electrons. The average Bonchev–Trinajstić information content (AvgIpc) is 2.86. The van der Waals surface area contributed by atoms with Crippen LogP contribution in [0.15, 0.2) is 71.6 Å². The summed E-state index contributed by atoms with van der Waals surface area (Å²) in [6, 6.07) is 18.2. The molecule has 0 aliphatic carbocycles. The fraction of sp³-hybridized carbons (Fsp3) is 0.240. The number of hydrogen-bond donors (Lipinski definition) is 1. The third kappa shape index (κ3) is 5.63. The van der Waals surface area contributed by atoms with Crippen LogP contribution >= 0.6 is 11.6 Å². The van der Waals surface area contributed by atoms with Crippen LogP contribution in [0.4, 0.5) is 5.69 Å². The summed E-state index contributed by atoms with van der Waals surface area (Å²) in [5.74, 6) is 1.04. The molecule has 0 saturated carbocycles. The highest BCUT2D eigenvalue weighted by molar-refractivity contribution is 7.92. The minimum absolute atomic E-state index is 0.0863. The molecule has 35 heavy (non-hydrogen) atoms. The van der Waals surface area contributed by atoms with Gasteiger partial charge >= 0.3 is 0 Å². The molecule has 1 heterocycles. The molecule has 1 aliphatic rings. The van der Waals surface area contributed by atoms with Gasteiger partial charge in [-0.3, -0.25) is 9.10 Å². The first-order valence-electron chi connectivity index (χ1n) is 10.9. The zero-order valence-corrected chi connectivity index (χ0v) is 20.8. The monoisotopic (exact) mass is 516 g/mol. The molecule has 1 amide bonds. The largest absolute Gasteiger partial charge is 0.497 e. The summed E-state index contributed by atoms with van der Waals surface area (Å²) in [6.45, 7) is 2.13. The lowest BCUT2D eigenvalue weighted by Crippen LogP contribution is -2.51. The third-order valence-corrected chi connectivity index (χ3v) is 7.45. The number of amides is 1. The molecule has 0 spiro atoms. The molecule has 0 saturated heterocycles. The van der Waals surface area contributed by atoms with Crippen LogP contribution in [0.5, 0.6) is 17.2 Å². The molecule has 1 aliphatic heterocycles. The van der Waals surface area contributed by atoms with E-state index in [1.165, 1.54) is 23.5 Å². The van der Waals surface area contributed by atoms with Crippen molar-refractivity contribution in [2.24, 2.45) is 0 Å². The molecule has 0 fully saturated rings. The number of nitrogens with zero attached hydrogens (tertiary/aromatic N) is 1. The predicted molar refractivity (Wildman–Crippen MR) is 133 cm³/mol. The van der Waals surface area contributed by atoms with E-state index < -0.39 is 22.0 Å². The van der Waals surface area contributed by atoms with Gasteiger partial charge in [0.25, 0.3) is 15.9 Å². The van der Waals surface area contributed by atoms with Crippen molar-refractivity contribution in [3.05, 3.63) is 77.3 Å². The number of nitrogens with one attached hydrogen (secondary N) is 1. The lowest BCUT2D eigenvalue weighted by atomic mass is 10.1. The van der Waals surface area contributed by atoms with E-state index in [-0.39, 0.29) is 24.6 Å². The van der Waals surface area contributed by atoms with Crippen molar-refractivity contribution >= 4 is 33.2 Å². The van der Waals surface area contributed by atoms with Gasteiger partial charge in [0.05, 0.1) is 30.8 Å². The topological polar surface area (TPSA) is 94.2 Å². The van der Waals surface area contributed by atoms with E-state index in [4.69, 9.17) is 25.8 Å². The number of halogens is 1. The Labute approximate surface area is 209 Å². The Kier molecular flexibility index (Phi) is 7.37. The van der Waals surface area contributed by atoms with Gasteiger partial charge in [-0.2, -0.15) is 0 Å². The minimum atomic E-state index is -3.97. The number of carbonyl (C=O) groups excluding carboxylic acids is 1. The van der Waals surface area contributed by atoms with Crippen molar-refractivity contribution in [3.63, 3.8) is 0 Å². The lowest BCUT2D eigenvalue weighted by molar-refractivity contribution is -0.127. The van der Waals surface area contributed by atoms with E-state index in [9.17, 15) is 13.2 Å². The van der Waals surface area contributed by atoms with Gasteiger partial charge in [0.2, 0.25) is 0 Å². The quantitative estimate of drug-likeness (QED) is 0.458. The van der Waals surface area contributed by atoms with Gasteiger partial charge < -0.3 is 19.5 Å². The van der Waals surface area contributed by atoms with Crippen LogP contribution in [-0.4, -0.2) is 47.2 Å². The number of anilines is 1. The molecule has 0 bridgehead atoms. The van der Waals surface area contributed by atoms with Gasteiger partial charge in [0.1, 0.15) is 23.9 Å². The van der Waals surface area contributed by atoms with Crippen molar-refractivity contribution < 1.29 is 27.4 Å². The van der Waals surface area contributed by atoms with Gasteiger partial charge in [0, 0.05) is 5.02 Å². The SMILES string of the molecule is COc1ccc(S(=O)(=O)N2CC(C(=O)NCCOc3ccc(Cl)cc3)Oc3ccc(C)cc32)cc1. The van der Waals surface area contributed by atoms with E-state index in [2.05, 4.69) is 5.32 Å². The maximum absolute atomic E-state index is 13.5. The zero-order chi connectivity index (χ0) is 25.0. The Morgan fingerprint density at radius 2 is 1.77 bits per heavy atom. The summed E-state index contributed by atoms with van der Waals surface area (Å²) in [4.78, 5) is 13.0. The molecule has 1 atom stereocenters. The van der Waals surface area contributed by atoms with Gasteiger partial charge in [-0.05, 0) is 73.2 Å². The Hall–Kier alpha value is -3.43. The van der Waals surface area contributed by atoms with E-state index in [1.807, 2.05) is 6.92 Å². The van der Waals surface area contributed by atoms with Crippen molar-refractivity contribution in [3.8, 4) is 17.2 Å². The van der Waals surface area contributed by atoms with Crippen LogP contribution < -0.4 is 23.8 Å². The van der Waals surface area contributed by atoms with E-state index >= 15 is 0 Å². The van der Waals surface area contributed by atoms with E-state index in [0.717, 1.165) is 5.56 Å². The summed E-state index contributed by atoms with van der Waals surface area (Å²) in [5.41, 5.74) is 1.25. The molecule has 1 unspecified atom stereocenters. The van der Waals surface area contributed by atoms with Crippen LogP contribution in [0.3, 0.4) is 0 Å². The fourth-order valence-electron chi connectivity index (χ4n) is 3.59. The molecule has 10 heteroatoms. The third-order valence-electron chi connectivity index (χ3n) is 5.41. The van der Waals surface area contributed by atoms with Crippen LogP contribution in [-0.2, 0) is 14.8 Å². The number of methoxy groups -OCH3 is 1. The molecule has 4 rings (SSSR count). The van der Waals surface area contributed by atoms with Crippen LogP contribution in [0.2, 0.25) is 5.02 Å². The van der Waals surface area contributed by atoms with Crippen molar-refractivity contribution in [1.29, 1.82) is 0 Å². The van der Waals surface area contributed by atoms with E-state index in [0.29, 0.717) is 28.0 Å². The van der Waals surface area contributed by atoms with Crippen molar-refractivity contribution in [1.82, 2.24) is 5.32 Å². The fourth-order valence-corrected chi connectivity index (χ4v) is 5.18. The number of benzene rings is 3. The van der Waals surface area contributed by atoms with Crippen LogP contribution in [0.1, 0.15) is 5.56 Å². The summed E-state index contributed by atoms with van der Waals surface area (Å²) < 4.78 is 44.9. The summed E-state index contributed by atoms with van der Waals surface area (Å²) in [6.07, 6.45) is -1.03. The number of carbonyl (C=O) groups is 1. The second-order valence-electron chi connectivity index (χ2n) is 7.88. The zero-order valence-electron chi connectivity index (χ0n) is 19.2. The molecular weight excluding hydrogens is 492 g/mol. The standard InChI is InChI=1S/C25H25ClN2O6S/c1-17-3-12-23-22(15-17)28(35(30,31)21-10-8-19(32-2)9-11-21)16-24(34-23)25(29)27-13-14-33-20-6-4-18(26)5-7-20/h3-12,15,24H,13-14,16H2,1-2H3,(H,27,29). The summed E-state index contributed by atoms with van der Waals surface area (Å²) >= 11 is 5.86. The molecular formula is C25H25ClN2O6S. The number of ether oxygens (including phenoxy) is 3. The van der Waals surface area contributed by atoms with Gasteiger partial charge in [-0.1, -0.05) is 17.7 Å². The highest BCUT2D eigenvalue weighted by atomic mass is 35.5. The maximum atomic E-state index is 13.5. The molecule has 0 radical (unpaired) electrons. The number of rotatable bonds is 8. The predicted octanol–water partition coefficient (Wildman–Crippen LogP) is 3.81.